The maximum Gasteiger partial charge on any atom is 0.534 e. The van der Waals surface area contributed by atoms with Gasteiger partial charge in [-0.3, -0.25) is 0 Å². The minimum atomic E-state index is -5.71. The summed E-state index contributed by atoms with van der Waals surface area (Å²) in [7, 11) is -5.71. The van der Waals surface area contributed by atoms with Crippen molar-refractivity contribution in [2.45, 2.75) is 31.7 Å². The van der Waals surface area contributed by atoms with Crippen LogP contribution in [-0.4, -0.2) is 13.9 Å². The Kier molecular flexibility index (Phi) is 4.12. The fourth-order valence-corrected chi connectivity index (χ4v) is 1.94. The molecule has 0 unspecified atom stereocenters. The summed E-state index contributed by atoms with van der Waals surface area (Å²) >= 11 is 5.73. The van der Waals surface area contributed by atoms with Crippen LogP contribution in [0.25, 0.3) is 0 Å². The molecule has 0 aliphatic carbocycles. The maximum atomic E-state index is 12.2. The first-order valence-corrected chi connectivity index (χ1v) is 6.94. The zero-order valence-corrected chi connectivity index (χ0v) is 11.9. The SMILES string of the molecule is CC(C)(C)c1ccc(OS(=O)(=O)C(F)(F)F)c(Cl)c1. The van der Waals surface area contributed by atoms with E-state index in [0.717, 1.165) is 11.6 Å². The molecule has 0 aromatic heterocycles. The number of hydrogen-bond donors (Lipinski definition) is 0. The van der Waals surface area contributed by atoms with Crippen molar-refractivity contribution in [1.29, 1.82) is 0 Å². The lowest BCUT2D eigenvalue weighted by molar-refractivity contribution is -0.0500. The van der Waals surface area contributed by atoms with E-state index in [2.05, 4.69) is 4.18 Å². The van der Waals surface area contributed by atoms with Crippen molar-refractivity contribution in [2.75, 3.05) is 0 Å². The normalized spacial score (nSPS) is 13.4. The minimum Gasteiger partial charge on any atom is -0.374 e. The molecule has 0 fully saturated rings. The molecule has 0 radical (unpaired) electrons. The lowest BCUT2D eigenvalue weighted by atomic mass is 9.87. The molecular formula is C11H12ClF3O3S. The highest BCUT2D eigenvalue weighted by molar-refractivity contribution is 7.88. The molecule has 0 bridgehead atoms. The Bertz CT molecular complexity index is 574. The molecule has 1 rings (SSSR count). The first kappa shape index (κ1) is 16.1. The average Bonchev–Trinajstić information content (AvgIpc) is 2.17. The van der Waals surface area contributed by atoms with E-state index in [-0.39, 0.29) is 10.4 Å². The van der Waals surface area contributed by atoms with E-state index >= 15 is 0 Å². The van der Waals surface area contributed by atoms with Crippen molar-refractivity contribution in [3.63, 3.8) is 0 Å². The summed E-state index contributed by atoms with van der Waals surface area (Å²) in [5.41, 5.74) is -5.02. The summed E-state index contributed by atoms with van der Waals surface area (Å²) in [5, 5.41) is -0.194. The Balaban J connectivity index is 3.13. The van der Waals surface area contributed by atoms with Gasteiger partial charge in [-0.05, 0) is 23.1 Å². The predicted octanol–water partition coefficient (Wildman–Crippen LogP) is 3.87. The largest absolute Gasteiger partial charge is 0.534 e. The van der Waals surface area contributed by atoms with Crippen LogP contribution in [0.5, 0.6) is 5.75 Å². The van der Waals surface area contributed by atoms with Crippen molar-refractivity contribution in [3.8, 4) is 5.75 Å². The van der Waals surface area contributed by atoms with Gasteiger partial charge in [-0.2, -0.15) is 21.6 Å². The third-order valence-corrected chi connectivity index (χ3v) is 3.54. The molecule has 0 heterocycles. The van der Waals surface area contributed by atoms with Crippen molar-refractivity contribution >= 4 is 21.7 Å². The topological polar surface area (TPSA) is 43.4 Å². The third-order valence-electron chi connectivity index (χ3n) is 2.28. The van der Waals surface area contributed by atoms with Gasteiger partial charge in [0.25, 0.3) is 0 Å². The van der Waals surface area contributed by atoms with Gasteiger partial charge in [0.05, 0.1) is 5.02 Å². The molecule has 8 heteroatoms. The van der Waals surface area contributed by atoms with E-state index in [4.69, 9.17) is 11.6 Å². The van der Waals surface area contributed by atoms with Crippen LogP contribution in [0.2, 0.25) is 5.02 Å². The van der Waals surface area contributed by atoms with Gasteiger partial charge in [0.2, 0.25) is 0 Å². The minimum absolute atomic E-state index is 0.194. The van der Waals surface area contributed by atoms with E-state index in [1.165, 1.54) is 12.1 Å². The first-order valence-electron chi connectivity index (χ1n) is 5.15. The van der Waals surface area contributed by atoms with Crippen LogP contribution in [0.3, 0.4) is 0 Å². The maximum absolute atomic E-state index is 12.2. The van der Waals surface area contributed by atoms with Gasteiger partial charge in [-0.1, -0.05) is 38.4 Å². The summed E-state index contributed by atoms with van der Waals surface area (Å²) < 4.78 is 62.2. The molecule has 0 saturated carbocycles. The van der Waals surface area contributed by atoms with E-state index in [0.29, 0.717) is 0 Å². The molecule has 1 aromatic rings. The second-order valence-corrected chi connectivity index (χ2v) is 6.82. The summed E-state index contributed by atoms with van der Waals surface area (Å²) in [4.78, 5) is 0. The van der Waals surface area contributed by atoms with Gasteiger partial charge in [0.15, 0.2) is 5.75 Å². The van der Waals surface area contributed by atoms with E-state index in [1.54, 1.807) is 0 Å². The molecule has 0 atom stereocenters. The summed E-state index contributed by atoms with van der Waals surface area (Å²) in [6.45, 7) is 5.64. The zero-order valence-electron chi connectivity index (χ0n) is 10.4. The van der Waals surface area contributed by atoms with E-state index < -0.39 is 21.4 Å². The van der Waals surface area contributed by atoms with Gasteiger partial charge in [0.1, 0.15) is 0 Å². The lowest BCUT2D eigenvalue weighted by Crippen LogP contribution is -2.28. The summed E-state index contributed by atoms with van der Waals surface area (Å²) in [6.07, 6.45) is 0. The molecule has 0 saturated heterocycles. The number of hydrogen-bond acceptors (Lipinski definition) is 3. The molecule has 0 aliphatic heterocycles. The van der Waals surface area contributed by atoms with E-state index in [9.17, 15) is 21.6 Å². The Morgan fingerprint density at radius 2 is 1.68 bits per heavy atom. The molecule has 0 amide bonds. The van der Waals surface area contributed by atoms with Crippen LogP contribution in [0.1, 0.15) is 26.3 Å². The fourth-order valence-electron chi connectivity index (χ4n) is 1.20. The van der Waals surface area contributed by atoms with E-state index in [1.807, 2.05) is 20.8 Å². The number of benzene rings is 1. The number of rotatable bonds is 2. The van der Waals surface area contributed by atoms with Gasteiger partial charge in [0, 0.05) is 0 Å². The van der Waals surface area contributed by atoms with Gasteiger partial charge in [-0.15, -0.1) is 0 Å². The van der Waals surface area contributed by atoms with Crippen LogP contribution in [0.15, 0.2) is 18.2 Å². The van der Waals surface area contributed by atoms with Crippen molar-refractivity contribution in [3.05, 3.63) is 28.8 Å². The van der Waals surface area contributed by atoms with Crippen LogP contribution >= 0.6 is 11.6 Å². The second kappa shape index (κ2) is 4.86. The van der Waals surface area contributed by atoms with Crippen molar-refractivity contribution in [2.24, 2.45) is 0 Å². The fraction of sp³-hybridized carbons (Fsp3) is 0.455. The van der Waals surface area contributed by atoms with Crippen LogP contribution in [-0.2, 0) is 15.5 Å². The smallest absolute Gasteiger partial charge is 0.374 e. The predicted molar refractivity (Wildman–Crippen MR) is 65.8 cm³/mol. The first-order chi connectivity index (χ1) is 8.34. The van der Waals surface area contributed by atoms with Gasteiger partial charge < -0.3 is 4.18 Å². The molecule has 0 aliphatic rings. The highest BCUT2D eigenvalue weighted by atomic mass is 35.5. The van der Waals surface area contributed by atoms with Crippen LogP contribution < -0.4 is 4.18 Å². The lowest BCUT2D eigenvalue weighted by Gasteiger charge is -2.20. The second-order valence-electron chi connectivity index (χ2n) is 4.88. The van der Waals surface area contributed by atoms with Crippen molar-refractivity contribution in [1.82, 2.24) is 0 Å². The highest BCUT2D eigenvalue weighted by Crippen LogP contribution is 2.34. The Morgan fingerprint density at radius 3 is 2.05 bits per heavy atom. The molecule has 108 valence electrons. The standard InChI is InChI=1S/C11H12ClF3O3S/c1-10(2,3)7-4-5-9(8(12)6-7)18-19(16,17)11(13,14)15/h4-6H,1-3H3. The quantitative estimate of drug-likeness (QED) is 0.614. The summed E-state index contributed by atoms with van der Waals surface area (Å²) in [5.74, 6) is -0.549. The zero-order chi connectivity index (χ0) is 15.1. The van der Waals surface area contributed by atoms with Crippen LogP contribution in [0.4, 0.5) is 13.2 Å². The number of alkyl halides is 3. The number of halogens is 4. The molecule has 3 nitrogen and oxygen atoms in total. The molecule has 19 heavy (non-hydrogen) atoms. The van der Waals surface area contributed by atoms with Crippen LogP contribution in [0, 0.1) is 0 Å². The van der Waals surface area contributed by atoms with Crippen molar-refractivity contribution < 1.29 is 25.8 Å². The molecular weight excluding hydrogens is 305 g/mol. The van der Waals surface area contributed by atoms with Gasteiger partial charge >= 0.3 is 15.6 Å². The Labute approximate surface area is 114 Å². The Morgan fingerprint density at radius 1 is 1.16 bits per heavy atom. The monoisotopic (exact) mass is 316 g/mol. The molecule has 0 N–H and O–H groups in total. The highest BCUT2D eigenvalue weighted by Gasteiger charge is 2.48. The average molecular weight is 317 g/mol. The molecule has 0 spiro atoms. The molecule has 1 aromatic carbocycles. The Hall–Kier alpha value is -0.950. The third kappa shape index (κ3) is 3.76. The summed E-state index contributed by atoms with van der Waals surface area (Å²) in [6, 6.07) is 3.95. The van der Waals surface area contributed by atoms with Gasteiger partial charge in [-0.25, -0.2) is 0 Å².